The summed E-state index contributed by atoms with van der Waals surface area (Å²) < 4.78 is 0. The Hall–Kier alpha value is -0.900. The van der Waals surface area contributed by atoms with Crippen LogP contribution in [0.25, 0.3) is 0 Å². The minimum absolute atomic E-state index is 0.0358. The highest BCUT2D eigenvalue weighted by atomic mass is 16.1. The van der Waals surface area contributed by atoms with E-state index in [0.717, 1.165) is 0 Å². The van der Waals surface area contributed by atoms with E-state index in [4.69, 9.17) is 11.5 Å². The zero-order valence-electron chi connectivity index (χ0n) is 5.96. The van der Waals surface area contributed by atoms with Gasteiger partial charge in [-0.2, -0.15) is 0 Å². The van der Waals surface area contributed by atoms with Crippen molar-refractivity contribution >= 4 is 11.7 Å². The Kier molecular flexibility index (Phi) is 3.64. The fourth-order valence-electron chi connectivity index (χ4n) is 0.490. The molecule has 0 aromatic carbocycles. The van der Waals surface area contributed by atoms with E-state index in [1.165, 1.54) is 0 Å². The Morgan fingerprint density at radius 2 is 2.00 bits per heavy atom. The summed E-state index contributed by atoms with van der Waals surface area (Å²) in [4.78, 5) is 20.9. The molecule has 0 heterocycles. The van der Waals surface area contributed by atoms with E-state index < -0.39 is 11.9 Å². The van der Waals surface area contributed by atoms with Crippen LogP contribution in [0.4, 0.5) is 0 Å². The molecule has 4 nitrogen and oxygen atoms in total. The Balaban J connectivity index is 3.68. The first-order chi connectivity index (χ1) is 4.57. The molecule has 1 amide bonds. The van der Waals surface area contributed by atoms with Crippen molar-refractivity contribution in [3.63, 3.8) is 0 Å². The topological polar surface area (TPSA) is 86.2 Å². The SMILES string of the molecule is CCC(=O)CC(N)C(N)=O. The molecule has 0 aliphatic carbocycles. The summed E-state index contributed by atoms with van der Waals surface area (Å²) in [5.74, 6) is -0.659. The Bertz CT molecular complexity index is 145. The number of nitrogens with two attached hydrogens (primary N) is 2. The highest BCUT2D eigenvalue weighted by Gasteiger charge is 2.12. The summed E-state index contributed by atoms with van der Waals surface area (Å²) in [5.41, 5.74) is 10.0. The third kappa shape index (κ3) is 3.19. The van der Waals surface area contributed by atoms with Crippen LogP contribution < -0.4 is 11.5 Å². The van der Waals surface area contributed by atoms with Gasteiger partial charge in [0.15, 0.2) is 0 Å². The third-order valence-electron chi connectivity index (χ3n) is 1.21. The zero-order valence-corrected chi connectivity index (χ0v) is 5.96. The molecule has 0 saturated heterocycles. The highest BCUT2D eigenvalue weighted by molar-refractivity contribution is 5.87. The number of hydrogen-bond acceptors (Lipinski definition) is 3. The minimum Gasteiger partial charge on any atom is -0.368 e. The van der Waals surface area contributed by atoms with Crippen LogP contribution in [-0.4, -0.2) is 17.7 Å². The van der Waals surface area contributed by atoms with Gasteiger partial charge in [0.1, 0.15) is 5.78 Å². The number of rotatable bonds is 4. The van der Waals surface area contributed by atoms with Gasteiger partial charge >= 0.3 is 0 Å². The maximum atomic E-state index is 10.6. The number of amides is 1. The molecule has 1 unspecified atom stereocenters. The summed E-state index contributed by atoms with van der Waals surface area (Å²) in [6, 6.07) is -0.813. The third-order valence-corrected chi connectivity index (χ3v) is 1.21. The van der Waals surface area contributed by atoms with Gasteiger partial charge in [0, 0.05) is 12.8 Å². The van der Waals surface area contributed by atoms with Crippen molar-refractivity contribution < 1.29 is 9.59 Å². The molecule has 0 spiro atoms. The second kappa shape index (κ2) is 4.00. The molecule has 0 aliphatic heterocycles. The van der Waals surface area contributed by atoms with Crippen LogP contribution >= 0.6 is 0 Å². The van der Waals surface area contributed by atoms with Crippen molar-refractivity contribution in [1.82, 2.24) is 0 Å². The summed E-state index contributed by atoms with van der Waals surface area (Å²) in [6.45, 7) is 1.72. The zero-order chi connectivity index (χ0) is 8.15. The average molecular weight is 144 g/mol. The fourth-order valence-corrected chi connectivity index (χ4v) is 0.490. The van der Waals surface area contributed by atoms with Gasteiger partial charge < -0.3 is 11.5 Å². The maximum Gasteiger partial charge on any atom is 0.234 e. The Labute approximate surface area is 59.6 Å². The van der Waals surface area contributed by atoms with Crippen LogP contribution in [-0.2, 0) is 9.59 Å². The van der Waals surface area contributed by atoms with Crippen LogP contribution in [0.1, 0.15) is 19.8 Å². The van der Waals surface area contributed by atoms with Crippen molar-refractivity contribution in [2.24, 2.45) is 11.5 Å². The predicted octanol–water partition coefficient (Wildman–Crippen LogP) is -0.832. The first-order valence-electron chi connectivity index (χ1n) is 3.14. The Morgan fingerprint density at radius 1 is 1.50 bits per heavy atom. The molecule has 0 bridgehead atoms. The lowest BCUT2D eigenvalue weighted by atomic mass is 10.1. The lowest BCUT2D eigenvalue weighted by molar-refractivity contribution is -0.124. The second-order valence-electron chi connectivity index (χ2n) is 2.11. The number of carbonyl (C=O) groups is 2. The lowest BCUT2D eigenvalue weighted by Crippen LogP contribution is -2.37. The van der Waals surface area contributed by atoms with E-state index in [2.05, 4.69) is 0 Å². The lowest BCUT2D eigenvalue weighted by Gasteiger charge is -2.03. The van der Waals surface area contributed by atoms with Gasteiger partial charge in [0.25, 0.3) is 0 Å². The Morgan fingerprint density at radius 3 is 2.30 bits per heavy atom. The number of ketones is 1. The summed E-state index contributed by atoms with van der Waals surface area (Å²) in [7, 11) is 0. The number of primary amides is 1. The molecule has 0 radical (unpaired) electrons. The van der Waals surface area contributed by atoms with Crippen molar-refractivity contribution in [1.29, 1.82) is 0 Å². The van der Waals surface area contributed by atoms with Gasteiger partial charge in [-0.15, -0.1) is 0 Å². The maximum absolute atomic E-state index is 10.6. The molecule has 4 N–H and O–H groups in total. The molecule has 0 saturated carbocycles. The van der Waals surface area contributed by atoms with E-state index >= 15 is 0 Å². The van der Waals surface area contributed by atoms with Gasteiger partial charge in [0.05, 0.1) is 6.04 Å². The smallest absolute Gasteiger partial charge is 0.234 e. The van der Waals surface area contributed by atoms with Crippen molar-refractivity contribution in [2.75, 3.05) is 0 Å². The standard InChI is InChI=1S/C6H12N2O2/c1-2-4(9)3-5(7)6(8)10/h5H,2-3,7H2,1H3,(H2,8,10). The van der Waals surface area contributed by atoms with Gasteiger partial charge in [-0.3, -0.25) is 9.59 Å². The summed E-state index contributed by atoms with van der Waals surface area (Å²) in [6.07, 6.45) is 0.465. The predicted molar refractivity (Wildman–Crippen MR) is 37.1 cm³/mol. The van der Waals surface area contributed by atoms with Crippen LogP contribution in [0.5, 0.6) is 0 Å². The van der Waals surface area contributed by atoms with Crippen molar-refractivity contribution in [2.45, 2.75) is 25.8 Å². The molecule has 4 heteroatoms. The van der Waals surface area contributed by atoms with E-state index in [0.29, 0.717) is 6.42 Å². The first-order valence-corrected chi connectivity index (χ1v) is 3.14. The largest absolute Gasteiger partial charge is 0.368 e. The van der Waals surface area contributed by atoms with Crippen LogP contribution in [0.15, 0.2) is 0 Å². The van der Waals surface area contributed by atoms with Crippen LogP contribution in [0.2, 0.25) is 0 Å². The molecule has 0 aliphatic rings. The molecule has 0 rings (SSSR count). The highest BCUT2D eigenvalue weighted by Crippen LogP contribution is 1.92. The monoisotopic (exact) mass is 144 g/mol. The first kappa shape index (κ1) is 9.10. The van der Waals surface area contributed by atoms with Gasteiger partial charge in [-0.25, -0.2) is 0 Å². The van der Waals surface area contributed by atoms with E-state index in [1.54, 1.807) is 6.92 Å². The normalized spacial score (nSPS) is 12.6. The van der Waals surface area contributed by atoms with Crippen LogP contribution in [0.3, 0.4) is 0 Å². The number of hydrogen-bond donors (Lipinski definition) is 2. The molecule has 0 fully saturated rings. The summed E-state index contributed by atoms with van der Waals surface area (Å²) >= 11 is 0. The molecule has 10 heavy (non-hydrogen) atoms. The summed E-state index contributed by atoms with van der Waals surface area (Å²) in [5, 5.41) is 0. The average Bonchev–Trinajstić information content (AvgIpc) is 1.87. The second-order valence-corrected chi connectivity index (χ2v) is 2.11. The van der Waals surface area contributed by atoms with Crippen molar-refractivity contribution in [3.05, 3.63) is 0 Å². The fraction of sp³-hybridized carbons (Fsp3) is 0.667. The van der Waals surface area contributed by atoms with E-state index in [-0.39, 0.29) is 12.2 Å². The van der Waals surface area contributed by atoms with E-state index in [9.17, 15) is 9.59 Å². The molecule has 0 aromatic heterocycles. The quantitative estimate of drug-likeness (QED) is 0.539. The number of carbonyl (C=O) groups excluding carboxylic acids is 2. The van der Waals surface area contributed by atoms with Gasteiger partial charge in [0.2, 0.25) is 5.91 Å². The van der Waals surface area contributed by atoms with Gasteiger partial charge in [-0.1, -0.05) is 6.92 Å². The van der Waals surface area contributed by atoms with Crippen molar-refractivity contribution in [3.8, 4) is 0 Å². The minimum atomic E-state index is -0.813. The molecule has 58 valence electrons. The molecule has 0 aromatic rings. The van der Waals surface area contributed by atoms with Gasteiger partial charge in [-0.05, 0) is 0 Å². The number of Topliss-reactive ketones (excluding diaryl/α,β-unsaturated/α-hetero) is 1. The van der Waals surface area contributed by atoms with Crippen LogP contribution in [0, 0.1) is 0 Å². The molecular weight excluding hydrogens is 132 g/mol. The van der Waals surface area contributed by atoms with E-state index in [1.807, 2.05) is 0 Å². The molecule has 1 atom stereocenters. The molecular formula is C6H12N2O2.